The zero-order valence-electron chi connectivity index (χ0n) is 8.33. The third kappa shape index (κ3) is 1.00. The SMILES string of the molecule is O=C(O)C12CC3CC(C1)C(F)C(C3)C2F. The molecule has 4 fully saturated rings. The van der Waals surface area contributed by atoms with Crippen molar-refractivity contribution in [3.05, 3.63) is 0 Å². The highest BCUT2D eigenvalue weighted by Gasteiger charge is 2.65. The van der Waals surface area contributed by atoms with Gasteiger partial charge in [0.25, 0.3) is 0 Å². The molecule has 0 aromatic rings. The average Bonchev–Trinajstić information content (AvgIpc) is 2.19. The van der Waals surface area contributed by atoms with E-state index in [4.69, 9.17) is 0 Å². The summed E-state index contributed by atoms with van der Waals surface area (Å²) in [6.07, 6.45) is -0.643. The fourth-order valence-corrected chi connectivity index (χ4v) is 4.16. The second-order valence-electron chi connectivity index (χ2n) is 5.48. The van der Waals surface area contributed by atoms with Gasteiger partial charge in [0.05, 0.1) is 5.41 Å². The van der Waals surface area contributed by atoms with Gasteiger partial charge < -0.3 is 5.11 Å². The predicted octanol–water partition coefficient (Wildman–Crippen LogP) is 2.18. The molecule has 4 bridgehead atoms. The van der Waals surface area contributed by atoms with Gasteiger partial charge in [-0.25, -0.2) is 8.78 Å². The smallest absolute Gasteiger partial charge is 0.312 e. The summed E-state index contributed by atoms with van der Waals surface area (Å²) in [7, 11) is 0. The molecule has 0 aromatic heterocycles. The minimum atomic E-state index is -1.47. The minimum absolute atomic E-state index is 0.203. The lowest BCUT2D eigenvalue weighted by Gasteiger charge is -2.57. The fourth-order valence-electron chi connectivity index (χ4n) is 4.16. The van der Waals surface area contributed by atoms with Crippen molar-refractivity contribution in [2.45, 2.75) is 38.0 Å². The van der Waals surface area contributed by atoms with Crippen molar-refractivity contribution in [1.29, 1.82) is 0 Å². The van der Waals surface area contributed by atoms with Crippen molar-refractivity contribution in [3.63, 3.8) is 0 Å². The van der Waals surface area contributed by atoms with Crippen LogP contribution in [0.3, 0.4) is 0 Å². The number of rotatable bonds is 1. The molecule has 4 saturated carbocycles. The lowest BCUT2D eigenvalue weighted by atomic mass is 9.48. The summed E-state index contributed by atoms with van der Waals surface area (Å²) < 4.78 is 27.8. The van der Waals surface area contributed by atoms with Gasteiger partial charge in [-0.3, -0.25) is 4.79 Å². The van der Waals surface area contributed by atoms with Crippen molar-refractivity contribution in [1.82, 2.24) is 0 Å². The molecule has 0 heterocycles. The monoisotopic (exact) mass is 216 g/mol. The number of aliphatic carboxylic acids is 1. The molecule has 4 rings (SSSR count). The van der Waals surface area contributed by atoms with Gasteiger partial charge in [0.1, 0.15) is 12.3 Å². The van der Waals surface area contributed by atoms with Gasteiger partial charge in [-0.15, -0.1) is 0 Å². The highest BCUT2D eigenvalue weighted by Crippen LogP contribution is 2.61. The van der Waals surface area contributed by atoms with Crippen LogP contribution in [0.15, 0.2) is 0 Å². The van der Waals surface area contributed by atoms with E-state index in [0.717, 1.165) is 6.42 Å². The highest BCUT2D eigenvalue weighted by atomic mass is 19.1. The molecule has 4 heteroatoms. The molecule has 4 aliphatic rings. The molecule has 0 aliphatic heterocycles. The summed E-state index contributed by atoms with van der Waals surface area (Å²) >= 11 is 0. The Bertz CT molecular complexity index is 320. The molecule has 15 heavy (non-hydrogen) atoms. The van der Waals surface area contributed by atoms with Crippen molar-refractivity contribution >= 4 is 5.97 Å². The van der Waals surface area contributed by atoms with Crippen LogP contribution in [-0.2, 0) is 4.79 Å². The number of carboxylic acid groups (broad SMARTS) is 1. The highest BCUT2D eigenvalue weighted by molar-refractivity contribution is 5.76. The third-order valence-corrected chi connectivity index (χ3v) is 4.71. The third-order valence-electron chi connectivity index (χ3n) is 4.71. The second kappa shape index (κ2) is 2.71. The summed E-state index contributed by atoms with van der Waals surface area (Å²) in [5.74, 6) is -1.66. The van der Waals surface area contributed by atoms with E-state index in [1.165, 1.54) is 0 Å². The van der Waals surface area contributed by atoms with Gasteiger partial charge >= 0.3 is 5.97 Å². The van der Waals surface area contributed by atoms with Crippen molar-refractivity contribution in [2.75, 3.05) is 0 Å². The van der Waals surface area contributed by atoms with Crippen LogP contribution in [-0.4, -0.2) is 23.4 Å². The van der Waals surface area contributed by atoms with E-state index in [1.807, 2.05) is 0 Å². The molecular weight excluding hydrogens is 202 g/mol. The number of alkyl halides is 2. The van der Waals surface area contributed by atoms with Gasteiger partial charge in [-0.1, -0.05) is 0 Å². The molecule has 0 amide bonds. The molecule has 1 N–H and O–H groups in total. The Labute approximate surface area is 86.7 Å². The lowest BCUT2D eigenvalue weighted by Crippen LogP contribution is -2.62. The zero-order valence-corrected chi connectivity index (χ0v) is 8.33. The predicted molar refractivity (Wildman–Crippen MR) is 48.8 cm³/mol. The summed E-state index contributed by atoms with van der Waals surface area (Å²) in [5.41, 5.74) is -1.25. The van der Waals surface area contributed by atoms with Gasteiger partial charge in [0.15, 0.2) is 0 Å². The summed E-state index contributed by atoms with van der Waals surface area (Å²) in [6.45, 7) is 0. The van der Waals surface area contributed by atoms with E-state index in [1.54, 1.807) is 0 Å². The number of hydrogen-bond donors (Lipinski definition) is 1. The normalized spacial score (nSPS) is 57.1. The maximum Gasteiger partial charge on any atom is 0.312 e. The zero-order chi connectivity index (χ0) is 10.8. The first-order valence-electron chi connectivity index (χ1n) is 5.56. The molecule has 6 unspecified atom stereocenters. The van der Waals surface area contributed by atoms with Crippen LogP contribution in [0.4, 0.5) is 8.78 Å². The van der Waals surface area contributed by atoms with E-state index >= 15 is 0 Å². The standard InChI is InChI=1S/C11H14F2O2/c12-8-6-1-5-2-7(8)9(13)11(3-5,4-6)10(14)15/h5-9H,1-4H2,(H,14,15). The maximum absolute atomic E-state index is 14.0. The van der Waals surface area contributed by atoms with E-state index in [2.05, 4.69) is 0 Å². The first kappa shape index (κ1) is 9.55. The summed E-state index contributed by atoms with van der Waals surface area (Å²) in [6, 6.07) is 0. The van der Waals surface area contributed by atoms with Crippen LogP contribution in [0.2, 0.25) is 0 Å². The fraction of sp³-hybridized carbons (Fsp3) is 0.909. The first-order valence-corrected chi connectivity index (χ1v) is 5.56. The lowest BCUT2D eigenvalue weighted by molar-refractivity contribution is -0.192. The van der Waals surface area contributed by atoms with Gasteiger partial charge in [0.2, 0.25) is 0 Å². The first-order chi connectivity index (χ1) is 7.04. The number of carboxylic acids is 1. The van der Waals surface area contributed by atoms with Crippen LogP contribution >= 0.6 is 0 Å². The Balaban J connectivity index is 2.02. The average molecular weight is 216 g/mol. The van der Waals surface area contributed by atoms with Gasteiger partial charge in [-0.2, -0.15) is 0 Å². The molecule has 6 atom stereocenters. The van der Waals surface area contributed by atoms with E-state index in [0.29, 0.717) is 12.8 Å². The van der Waals surface area contributed by atoms with Crippen LogP contribution in [0.5, 0.6) is 0 Å². The minimum Gasteiger partial charge on any atom is -0.481 e. The molecule has 0 aromatic carbocycles. The molecular formula is C11H14F2O2. The Morgan fingerprint density at radius 3 is 2.67 bits per heavy atom. The van der Waals surface area contributed by atoms with E-state index < -0.39 is 29.6 Å². The van der Waals surface area contributed by atoms with E-state index in [9.17, 15) is 18.7 Å². The Kier molecular flexibility index (Phi) is 1.73. The largest absolute Gasteiger partial charge is 0.481 e. The van der Waals surface area contributed by atoms with Gasteiger partial charge in [-0.05, 0) is 37.5 Å². The van der Waals surface area contributed by atoms with Crippen LogP contribution in [0.1, 0.15) is 25.7 Å². The van der Waals surface area contributed by atoms with Crippen molar-refractivity contribution < 1.29 is 18.7 Å². The Morgan fingerprint density at radius 2 is 2.00 bits per heavy atom. The topological polar surface area (TPSA) is 37.3 Å². The van der Waals surface area contributed by atoms with E-state index in [-0.39, 0.29) is 18.3 Å². The number of hydrogen-bond acceptors (Lipinski definition) is 1. The van der Waals surface area contributed by atoms with Crippen molar-refractivity contribution in [2.24, 2.45) is 23.2 Å². The number of carbonyl (C=O) groups is 1. The number of halogens is 2. The van der Waals surface area contributed by atoms with Gasteiger partial charge in [0, 0.05) is 5.92 Å². The summed E-state index contributed by atoms with van der Waals surface area (Å²) in [4.78, 5) is 11.2. The molecule has 4 aliphatic carbocycles. The maximum atomic E-state index is 14.0. The van der Waals surface area contributed by atoms with Crippen LogP contribution in [0, 0.1) is 23.2 Å². The molecule has 84 valence electrons. The molecule has 0 spiro atoms. The van der Waals surface area contributed by atoms with Crippen LogP contribution < -0.4 is 0 Å². The van der Waals surface area contributed by atoms with Crippen LogP contribution in [0.25, 0.3) is 0 Å². The van der Waals surface area contributed by atoms with Crippen molar-refractivity contribution in [3.8, 4) is 0 Å². The Morgan fingerprint density at radius 1 is 1.27 bits per heavy atom. The second-order valence-corrected chi connectivity index (χ2v) is 5.48. The summed E-state index contributed by atoms with van der Waals surface area (Å²) in [5, 5.41) is 9.17. The molecule has 0 radical (unpaired) electrons. The Hall–Kier alpha value is -0.670. The molecule has 2 nitrogen and oxygen atoms in total. The molecule has 0 saturated heterocycles. The quantitative estimate of drug-likeness (QED) is 0.729.